The monoisotopic (exact) mass is 335 g/mol. The minimum absolute atomic E-state index is 0.176. The van der Waals surface area contributed by atoms with Crippen LogP contribution in [0, 0.1) is 0 Å². The summed E-state index contributed by atoms with van der Waals surface area (Å²) in [6.45, 7) is 3.26. The maximum atomic E-state index is 12.4. The van der Waals surface area contributed by atoms with Gasteiger partial charge in [0.15, 0.2) is 5.76 Å². The Bertz CT molecular complexity index is 639. The van der Waals surface area contributed by atoms with Crippen molar-refractivity contribution in [3.63, 3.8) is 0 Å². The number of hydrogen-bond donors (Lipinski definition) is 0. The van der Waals surface area contributed by atoms with E-state index in [1.807, 2.05) is 24.3 Å². The number of carbonyl (C=O) groups excluding carboxylic acids is 1. The summed E-state index contributed by atoms with van der Waals surface area (Å²) in [7, 11) is 1.74. The number of benzene rings is 1. The summed E-state index contributed by atoms with van der Waals surface area (Å²) in [5.74, 6) is 1.79. The Balaban J connectivity index is 2.04. The van der Waals surface area contributed by atoms with Crippen LogP contribution in [0.4, 0.5) is 0 Å². The van der Waals surface area contributed by atoms with Crippen LogP contribution in [0.5, 0.6) is 5.75 Å². The SMILES string of the molecule is CCCCOc1ccccc1CN(C)C(=O)c1ccc(CCl)o1. The number of para-hydroxylation sites is 1. The molecule has 0 aliphatic heterocycles. The molecule has 0 radical (unpaired) electrons. The Kier molecular flexibility index (Phi) is 6.53. The molecule has 0 bridgehead atoms. The zero-order valence-corrected chi connectivity index (χ0v) is 14.3. The van der Waals surface area contributed by atoms with E-state index in [1.165, 1.54) is 0 Å². The number of unbranched alkanes of at least 4 members (excludes halogenated alkanes) is 1. The highest BCUT2D eigenvalue weighted by Gasteiger charge is 2.17. The van der Waals surface area contributed by atoms with Crippen molar-refractivity contribution in [2.24, 2.45) is 0 Å². The Morgan fingerprint density at radius 1 is 1.26 bits per heavy atom. The summed E-state index contributed by atoms with van der Waals surface area (Å²) in [6, 6.07) is 11.2. The van der Waals surface area contributed by atoms with Gasteiger partial charge in [0.05, 0.1) is 12.5 Å². The van der Waals surface area contributed by atoms with Gasteiger partial charge < -0.3 is 14.1 Å². The standard InChI is InChI=1S/C18H22ClNO3/c1-3-4-11-22-16-8-6-5-7-14(16)13-20(2)18(21)17-10-9-15(12-19)23-17/h5-10H,3-4,11-13H2,1-2H3. The number of furan rings is 1. The van der Waals surface area contributed by atoms with Crippen molar-refractivity contribution in [2.45, 2.75) is 32.2 Å². The lowest BCUT2D eigenvalue weighted by molar-refractivity contribution is 0.0750. The molecule has 0 aliphatic rings. The molecule has 0 aliphatic carbocycles. The maximum Gasteiger partial charge on any atom is 0.289 e. The molecule has 0 saturated carbocycles. The summed E-state index contributed by atoms with van der Waals surface area (Å²) >= 11 is 5.70. The van der Waals surface area contributed by atoms with E-state index in [4.69, 9.17) is 20.8 Å². The second-order valence-corrected chi connectivity index (χ2v) is 5.64. The van der Waals surface area contributed by atoms with Gasteiger partial charge in [0.2, 0.25) is 0 Å². The van der Waals surface area contributed by atoms with Crippen molar-refractivity contribution >= 4 is 17.5 Å². The zero-order chi connectivity index (χ0) is 16.7. The summed E-state index contributed by atoms with van der Waals surface area (Å²) < 4.78 is 11.2. The molecule has 124 valence electrons. The largest absolute Gasteiger partial charge is 0.493 e. The molecule has 4 nitrogen and oxygen atoms in total. The van der Waals surface area contributed by atoms with Crippen LogP contribution < -0.4 is 4.74 Å². The maximum absolute atomic E-state index is 12.4. The molecular formula is C18H22ClNO3. The Morgan fingerprint density at radius 2 is 2.04 bits per heavy atom. The average Bonchev–Trinajstić information content (AvgIpc) is 3.05. The molecule has 5 heteroatoms. The van der Waals surface area contributed by atoms with E-state index >= 15 is 0 Å². The highest BCUT2D eigenvalue weighted by atomic mass is 35.5. The van der Waals surface area contributed by atoms with E-state index < -0.39 is 0 Å². The van der Waals surface area contributed by atoms with Crippen molar-refractivity contribution in [3.05, 3.63) is 53.5 Å². The van der Waals surface area contributed by atoms with Crippen LogP contribution >= 0.6 is 11.6 Å². The molecule has 1 aromatic carbocycles. The molecule has 2 rings (SSSR count). The van der Waals surface area contributed by atoms with E-state index in [0.29, 0.717) is 24.7 Å². The first-order valence-corrected chi connectivity index (χ1v) is 8.30. The van der Waals surface area contributed by atoms with Gasteiger partial charge in [0, 0.05) is 19.2 Å². The Labute approximate surface area is 142 Å². The molecule has 0 spiro atoms. The predicted octanol–water partition coefficient (Wildman–Crippen LogP) is 4.47. The summed E-state index contributed by atoms with van der Waals surface area (Å²) in [5.41, 5.74) is 0.976. The van der Waals surface area contributed by atoms with Gasteiger partial charge in [0.1, 0.15) is 11.5 Å². The third kappa shape index (κ3) is 4.76. The fourth-order valence-corrected chi connectivity index (χ4v) is 2.33. The normalized spacial score (nSPS) is 10.6. The van der Waals surface area contributed by atoms with Crippen LogP contribution in [-0.4, -0.2) is 24.5 Å². The lowest BCUT2D eigenvalue weighted by Gasteiger charge is -2.18. The van der Waals surface area contributed by atoms with Crippen LogP contribution in [0.3, 0.4) is 0 Å². The number of halogens is 1. The molecule has 0 saturated heterocycles. The lowest BCUT2D eigenvalue weighted by atomic mass is 10.2. The molecular weight excluding hydrogens is 314 g/mol. The first-order valence-electron chi connectivity index (χ1n) is 7.76. The third-order valence-corrected chi connectivity index (χ3v) is 3.75. The number of amides is 1. The van der Waals surface area contributed by atoms with E-state index in [0.717, 1.165) is 24.2 Å². The minimum Gasteiger partial charge on any atom is -0.493 e. The van der Waals surface area contributed by atoms with Crippen molar-refractivity contribution in [1.29, 1.82) is 0 Å². The quantitative estimate of drug-likeness (QED) is 0.528. The fourth-order valence-electron chi connectivity index (χ4n) is 2.18. The van der Waals surface area contributed by atoms with Crippen LogP contribution in [0.25, 0.3) is 0 Å². The van der Waals surface area contributed by atoms with Crippen molar-refractivity contribution < 1.29 is 13.9 Å². The van der Waals surface area contributed by atoms with Gasteiger partial charge in [-0.3, -0.25) is 4.79 Å². The van der Waals surface area contributed by atoms with E-state index in [1.54, 1.807) is 24.1 Å². The van der Waals surface area contributed by atoms with Gasteiger partial charge in [-0.15, -0.1) is 11.6 Å². The van der Waals surface area contributed by atoms with Gasteiger partial charge in [-0.1, -0.05) is 31.5 Å². The molecule has 1 aromatic heterocycles. The molecule has 0 atom stereocenters. The molecule has 1 heterocycles. The molecule has 0 N–H and O–H groups in total. The Morgan fingerprint density at radius 3 is 2.74 bits per heavy atom. The molecule has 2 aromatic rings. The second-order valence-electron chi connectivity index (χ2n) is 5.37. The van der Waals surface area contributed by atoms with Gasteiger partial charge in [-0.05, 0) is 24.6 Å². The van der Waals surface area contributed by atoms with Crippen LogP contribution in [-0.2, 0) is 12.4 Å². The first-order chi connectivity index (χ1) is 11.2. The predicted molar refractivity (Wildman–Crippen MR) is 90.9 cm³/mol. The number of alkyl halides is 1. The third-order valence-electron chi connectivity index (χ3n) is 3.49. The highest BCUT2D eigenvalue weighted by Crippen LogP contribution is 2.21. The number of carbonyl (C=O) groups is 1. The molecule has 0 fully saturated rings. The second kappa shape index (κ2) is 8.63. The number of hydrogen-bond acceptors (Lipinski definition) is 3. The summed E-state index contributed by atoms with van der Waals surface area (Å²) in [4.78, 5) is 14.0. The Hall–Kier alpha value is -1.94. The topological polar surface area (TPSA) is 42.7 Å². The van der Waals surface area contributed by atoms with Crippen LogP contribution in [0.15, 0.2) is 40.8 Å². The van der Waals surface area contributed by atoms with Crippen LogP contribution in [0.2, 0.25) is 0 Å². The van der Waals surface area contributed by atoms with Gasteiger partial charge in [-0.2, -0.15) is 0 Å². The highest BCUT2D eigenvalue weighted by molar-refractivity contribution is 6.16. The van der Waals surface area contributed by atoms with E-state index in [2.05, 4.69) is 6.92 Å². The van der Waals surface area contributed by atoms with Crippen LogP contribution in [0.1, 0.15) is 41.6 Å². The van der Waals surface area contributed by atoms with Crippen molar-refractivity contribution in [3.8, 4) is 5.75 Å². The molecule has 1 amide bonds. The summed E-state index contributed by atoms with van der Waals surface area (Å²) in [6.07, 6.45) is 2.10. The number of rotatable bonds is 8. The van der Waals surface area contributed by atoms with Gasteiger partial charge in [0.25, 0.3) is 5.91 Å². The smallest absolute Gasteiger partial charge is 0.289 e. The number of ether oxygens (including phenoxy) is 1. The minimum atomic E-state index is -0.176. The van der Waals surface area contributed by atoms with Gasteiger partial charge in [-0.25, -0.2) is 0 Å². The zero-order valence-electron chi connectivity index (χ0n) is 13.5. The van der Waals surface area contributed by atoms with E-state index in [-0.39, 0.29) is 11.8 Å². The average molecular weight is 336 g/mol. The molecule has 23 heavy (non-hydrogen) atoms. The lowest BCUT2D eigenvalue weighted by Crippen LogP contribution is -2.26. The van der Waals surface area contributed by atoms with Gasteiger partial charge >= 0.3 is 0 Å². The van der Waals surface area contributed by atoms with Crippen molar-refractivity contribution in [2.75, 3.05) is 13.7 Å². The first kappa shape index (κ1) is 17.4. The van der Waals surface area contributed by atoms with E-state index in [9.17, 15) is 4.79 Å². The summed E-state index contributed by atoms with van der Waals surface area (Å²) in [5, 5.41) is 0. The molecule has 0 unspecified atom stereocenters. The fraction of sp³-hybridized carbons (Fsp3) is 0.389. The van der Waals surface area contributed by atoms with Crippen molar-refractivity contribution in [1.82, 2.24) is 4.90 Å². The number of nitrogens with zero attached hydrogens (tertiary/aromatic N) is 1.